The standard InChI is InChI=1S/C19H28N2OS/c1-18(2,3)17(22)20-11-7-10-19(15-20)21(12-13-23-19)14-16-8-5-4-6-9-16/h4-6,8-9H,7,10-15H2,1-3H3. The van der Waals surface area contributed by atoms with Crippen LogP contribution in [-0.4, -0.2) is 46.0 Å². The molecule has 1 spiro atoms. The van der Waals surface area contributed by atoms with Gasteiger partial charge in [0, 0.05) is 37.3 Å². The molecule has 4 heteroatoms. The number of carbonyl (C=O) groups is 1. The highest BCUT2D eigenvalue weighted by Gasteiger charge is 2.46. The number of amides is 1. The molecule has 2 saturated heterocycles. The van der Waals surface area contributed by atoms with Crippen LogP contribution < -0.4 is 0 Å². The second kappa shape index (κ2) is 6.48. The molecule has 2 heterocycles. The van der Waals surface area contributed by atoms with Gasteiger partial charge in [-0.15, -0.1) is 11.8 Å². The number of thioether (sulfide) groups is 1. The van der Waals surface area contributed by atoms with Crippen molar-refractivity contribution < 1.29 is 4.79 Å². The number of rotatable bonds is 2. The zero-order valence-corrected chi connectivity index (χ0v) is 15.4. The van der Waals surface area contributed by atoms with Crippen LogP contribution in [0.2, 0.25) is 0 Å². The van der Waals surface area contributed by atoms with Crippen LogP contribution in [0.1, 0.15) is 39.2 Å². The summed E-state index contributed by atoms with van der Waals surface area (Å²) in [5.41, 5.74) is 1.08. The van der Waals surface area contributed by atoms with E-state index in [1.807, 2.05) is 20.8 Å². The van der Waals surface area contributed by atoms with Crippen LogP contribution in [0.15, 0.2) is 30.3 Å². The number of hydrogen-bond acceptors (Lipinski definition) is 3. The lowest BCUT2D eigenvalue weighted by Crippen LogP contribution is -2.56. The molecule has 1 unspecified atom stereocenters. The Morgan fingerprint density at radius 3 is 2.65 bits per heavy atom. The summed E-state index contributed by atoms with van der Waals surface area (Å²) in [6.45, 7) is 9.99. The van der Waals surface area contributed by atoms with Gasteiger partial charge in [0.25, 0.3) is 0 Å². The molecule has 23 heavy (non-hydrogen) atoms. The third-order valence-electron chi connectivity index (χ3n) is 4.89. The third kappa shape index (κ3) is 3.58. The van der Waals surface area contributed by atoms with Crippen LogP contribution in [0.3, 0.4) is 0 Å². The van der Waals surface area contributed by atoms with E-state index in [0.717, 1.165) is 32.6 Å². The van der Waals surface area contributed by atoms with Crippen molar-refractivity contribution >= 4 is 17.7 Å². The normalized spacial score (nSPS) is 26.0. The summed E-state index contributed by atoms with van der Waals surface area (Å²) in [5, 5.41) is 0. The van der Waals surface area contributed by atoms with Gasteiger partial charge >= 0.3 is 0 Å². The van der Waals surface area contributed by atoms with E-state index in [0.29, 0.717) is 5.91 Å². The second-order valence-corrected chi connectivity index (χ2v) is 9.24. The molecular formula is C19H28N2OS. The monoisotopic (exact) mass is 332 g/mol. The first-order chi connectivity index (χ1) is 10.9. The van der Waals surface area contributed by atoms with Crippen molar-refractivity contribution in [1.29, 1.82) is 0 Å². The Bertz CT molecular complexity index is 554. The van der Waals surface area contributed by atoms with E-state index >= 15 is 0 Å². The first kappa shape index (κ1) is 16.8. The van der Waals surface area contributed by atoms with Crippen molar-refractivity contribution in [3.05, 3.63) is 35.9 Å². The summed E-state index contributed by atoms with van der Waals surface area (Å²) in [6, 6.07) is 10.7. The first-order valence-electron chi connectivity index (χ1n) is 8.63. The molecule has 0 aliphatic carbocycles. The summed E-state index contributed by atoms with van der Waals surface area (Å²) < 4.78 is 0. The third-order valence-corrected chi connectivity index (χ3v) is 6.40. The van der Waals surface area contributed by atoms with Gasteiger partial charge in [-0.05, 0) is 18.4 Å². The van der Waals surface area contributed by atoms with Crippen LogP contribution in [0.5, 0.6) is 0 Å². The van der Waals surface area contributed by atoms with Crippen LogP contribution in [0.4, 0.5) is 0 Å². The average molecular weight is 333 g/mol. The minimum atomic E-state index is -0.286. The highest BCUT2D eigenvalue weighted by atomic mass is 32.2. The fourth-order valence-electron chi connectivity index (χ4n) is 3.69. The summed E-state index contributed by atoms with van der Waals surface area (Å²) in [5.74, 6) is 1.47. The lowest BCUT2D eigenvalue weighted by molar-refractivity contribution is -0.142. The van der Waals surface area contributed by atoms with E-state index < -0.39 is 0 Å². The Morgan fingerprint density at radius 1 is 1.22 bits per heavy atom. The molecule has 1 aromatic carbocycles. The Kier molecular flexibility index (Phi) is 4.75. The predicted molar refractivity (Wildman–Crippen MR) is 97.3 cm³/mol. The van der Waals surface area contributed by atoms with Crippen LogP contribution >= 0.6 is 11.8 Å². The lowest BCUT2D eigenvalue weighted by Gasteiger charge is -2.46. The van der Waals surface area contributed by atoms with Crippen molar-refractivity contribution in [2.75, 3.05) is 25.4 Å². The fourth-order valence-corrected chi connectivity index (χ4v) is 5.26. The Balaban J connectivity index is 1.75. The summed E-state index contributed by atoms with van der Waals surface area (Å²) in [6.07, 6.45) is 2.30. The largest absolute Gasteiger partial charge is 0.340 e. The lowest BCUT2D eigenvalue weighted by atomic mass is 9.92. The van der Waals surface area contributed by atoms with Crippen LogP contribution in [0, 0.1) is 5.41 Å². The fraction of sp³-hybridized carbons (Fsp3) is 0.632. The smallest absolute Gasteiger partial charge is 0.228 e. The van der Waals surface area contributed by atoms with Gasteiger partial charge in [0.15, 0.2) is 0 Å². The zero-order valence-electron chi connectivity index (χ0n) is 14.5. The molecule has 1 aromatic rings. The molecule has 3 rings (SSSR count). The van der Waals surface area contributed by atoms with Crippen molar-refractivity contribution in [3.8, 4) is 0 Å². The molecule has 0 aromatic heterocycles. The molecule has 3 nitrogen and oxygen atoms in total. The molecule has 0 saturated carbocycles. The van der Waals surface area contributed by atoms with E-state index in [-0.39, 0.29) is 10.3 Å². The number of benzene rings is 1. The topological polar surface area (TPSA) is 23.6 Å². The zero-order chi connectivity index (χ0) is 16.5. The number of hydrogen-bond donors (Lipinski definition) is 0. The summed E-state index contributed by atoms with van der Waals surface area (Å²) in [4.78, 5) is 17.6. The van der Waals surface area contributed by atoms with Crippen LogP contribution in [-0.2, 0) is 11.3 Å². The highest BCUT2D eigenvalue weighted by Crippen LogP contribution is 2.43. The van der Waals surface area contributed by atoms with Crippen LogP contribution in [0.25, 0.3) is 0 Å². The summed E-state index contributed by atoms with van der Waals surface area (Å²) >= 11 is 2.06. The Hall–Kier alpha value is -1.00. The van der Waals surface area contributed by atoms with Crippen molar-refractivity contribution in [1.82, 2.24) is 9.80 Å². The van der Waals surface area contributed by atoms with E-state index in [1.54, 1.807) is 0 Å². The van der Waals surface area contributed by atoms with E-state index in [9.17, 15) is 4.79 Å². The Labute approximate surface area is 144 Å². The molecule has 0 radical (unpaired) electrons. The first-order valence-corrected chi connectivity index (χ1v) is 9.62. The molecule has 0 N–H and O–H groups in total. The van der Waals surface area contributed by atoms with Gasteiger partial charge in [0.1, 0.15) is 0 Å². The molecule has 2 aliphatic heterocycles. The van der Waals surface area contributed by atoms with Gasteiger partial charge in [-0.2, -0.15) is 0 Å². The van der Waals surface area contributed by atoms with Gasteiger partial charge in [-0.25, -0.2) is 0 Å². The molecule has 1 amide bonds. The maximum absolute atomic E-state index is 12.7. The van der Waals surface area contributed by atoms with Gasteiger partial charge in [-0.3, -0.25) is 9.69 Å². The maximum atomic E-state index is 12.7. The average Bonchev–Trinajstić information content (AvgIpc) is 2.88. The predicted octanol–water partition coefficient (Wildman–Crippen LogP) is 3.60. The minimum Gasteiger partial charge on any atom is -0.340 e. The number of piperidine rings is 1. The molecule has 2 fully saturated rings. The molecule has 1 atom stereocenters. The van der Waals surface area contributed by atoms with E-state index in [2.05, 4.69) is 51.9 Å². The number of nitrogens with zero attached hydrogens (tertiary/aromatic N) is 2. The van der Waals surface area contributed by atoms with Gasteiger partial charge in [-0.1, -0.05) is 51.1 Å². The highest BCUT2D eigenvalue weighted by molar-refractivity contribution is 8.00. The van der Waals surface area contributed by atoms with Crippen molar-refractivity contribution in [3.63, 3.8) is 0 Å². The van der Waals surface area contributed by atoms with E-state index in [4.69, 9.17) is 0 Å². The molecular weight excluding hydrogens is 304 g/mol. The minimum absolute atomic E-state index is 0.120. The number of carbonyl (C=O) groups excluding carboxylic acids is 1. The van der Waals surface area contributed by atoms with Gasteiger partial charge in [0.05, 0.1) is 4.87 Å². The molecule has 126 valence electrons. The molecule has 2 aliphatic rings. The van der Waals surface area contributed by atoms with Crippen molar-refractivity contribution in [2.45, 2.75) is 45.0 Å². The second-order valence-electron chi connectivity index (χ2n) is 7.78. The van der Waals surface area contributed by atoms with Gasteiger partial charge in [0.2, 0.25) is 5.91 Å². The van der Waals surface area contributed by atoms with E-state index in [1.165, 1.54) is 17.7 Å². The maximum Gasteiger partial charge on any atom is 0.228 e. The number of likely N-dealkylation sites (tertiary alicyclic amines) is 1. The summed E-state index contributed by atoms with van der Waals surface area (Å²) in [7, 11) is 0. The SMILES string of the molecule is CC(C)(C)C(=O)N1CCCC2(C1)SCCN2Cc1ccccc1. The van der Waals surface area contributed by atoms with Crippen molar-refractivity contribution in [2.24, 2.45) is 5.41 Å². The Morgan fingerprint density at radius 2 is 1.96 bits per heavy atom. The quantitative estimate of drug-likeness (QED) is 0.827. The van der Waals surface area contributed by atoms with Gasteiger partial charge < -0.3 is 4.90 Å². The molecule has 0 bridgehead atoms.